The van der Waals surface area contributed by atoms with Crippen LogP contribution in [0.2, 0.25) is 5.02 Å². The van der Waals surface area contributed by atoms with Crippen LogP contribution in [0.4, 0.5) is 18.9 Å². The van der Waals surface area contributed by atoms with Gasteiger partial charge >= 0.3 is 6.18 Å². The van der Waals surface area contributed by atoms with Crippen LogP contribution in [0, 0.1) is 0 Å². The van der Waals surface area contributed by atoms with E-state index in [4.69, 9.17) is 28.9 Å². The predicted molar refractivity (Wildman–Crippen MR) is 50.4 cm³/mol. The smallest absolute Gasteiger partial charge is 0.398 e. The number of rotatable bonds is 1. The van der Waals surface area contributed by atoms with Gasteiger partial charge in [0, 0.05) is 16.6 Å². The zero-order valence-corrected chi connectivity index (χ0v) is 8.34. The Morgan fingerprint density at radius 3 is 2.29 bits per heavy atom. The molecule has 0 bridgehead atoms. The molecule has 0 aliphatic heterocycles. The summed E-state index contributed by atoms with van der Waals surface area (Å²) in [6, 6.07) is 1.92. The van der Waals surface area contributed by atoms with Gasteiger partial charge in [0.1, 0.15) is 0 Å². The fourth-order valence-corrected chi connectivity index (χ4v) is 1.51. The van der Waals surface area contributed by atoms with Gasteiger partial charge in [0.2, 0.25) is 0 Å². The van der Waals surface area contributed by atoms with Crippen LogP contribution in [0.1, 0.15) is 11.1 Å². The number of benzene rings is 1. The van der Waals surface area contributed by atoms with Gasteiger partial charge in [-0.05, 0) is 17.7 Å². The minimum absolute atomic E-state index is 0.0812. The molecule has 1 aromatic rings. The summed E-state index contributed by atoms with van der Waals surface area (Å²) in [7, 11) is 0. The molecule has 0 aromatic heterocycles. The topological polar surface area (TPSA) is 26.0 Å². The van der Waals surface area contributed by atoms with E-state index in [2.05, 4.69) is 0 Å². The second-order valence-electron chi connectivity index (χ2n) is 2.66. The molecular formula is C8H6Cl2F3N. The highest BCUT2D eigenvalue weighted by molar-refractivity contribution is 6.32. The number of nitrogens with two attached hydrogens (primary N) is 1. The molecule has 0 radical (unpaired) electrons. The lowest BCUT2D eigenvalue weighted by Crippen LogP contribution is -2.09. The van der Waals surface area contributed by atoms with Crippen molar-refractivity contribution in [3.05, 3.63) is 28.3 Å². The monoisotopic (exact) mass is 243 g/mol. The Balaban J connectivity index is 3.32. The maximum absolute atomic E-state index is 12.3. The van der Waals surface area contributed by atoms with Gasteiger partial charge in [-0.15, -0.1) is 11.6 Å². The summed E-state index contributed by atoms with van der Waals surface area (Å²) in [5.41, 5.74) is 4.10. The van der Waals surface area contributed by atoms with E-state index < -0.39 is 17.4 Å². The fraction of sp³-hybridized carbons (Fsp3) is 0.250. The van der Waals surface area contributed by atoms with Crippen LogP contribution >= 0.6 is 23.2 Å². The molecule has 0 atom stereocenters. The second-order valence-corrected chi connectivity index (χ2v) is 3.34. The number of nitrogen functional groups attached to an aromatic ring is 1. The van der Waals surface area contributed by atoms with Crippen molar-refractivity contribution < 1.29 is 13.2 Å². The van der Waals surface area contributed by atoms with Crippen molar-refractivity contribution >= 4 is 28.9 Å². The zero-order valence-electron chi connectivity index (χ0n) is 6.83. The SMILES string of the molecule is Nc1cc(Cl)c(CCl)cc1C(F)(F)F. The molecule has 2 N–H and O–H groups in total. The predicted octanol–water partition coefficient (Wildman–Crippen LogP) is 3.68. The van der Waals surface area contributed by atoms with Crippen LogP contribution in [0.3, 0.4) is 0 Å². The molecule has 6 heteroatoms. The minimum atomic E-state index is -4.48. The quantitative estimate of drug-likeness (QED) is 0.591. The zero-order chi connectivity index (χ0) is 10.9. The van der Waals surface area contributed by atoms with Gasteiger partial charge in [0.25, 0.3) is 0 Å². The summed E-state index contributed by atoms with van der Waals surface area (Å²) in [6.07, 6.45) is -4.48. The van der Waals surface area contributed by atoms with Crippen LogP contribution in [-0.4, -0.2) is 0 Å². The molecule has 0 saturated carbocycles. The van der Waals surface area contributed by atoms with Gasteiger partial charge in [-0.2, -0.15) is 13.2 Å². The molecule has 1 aromatic carbocycles. The third-order valence-corrected chi connectivity index (χ3v) is 2.31. The van der Waals surface area contributed by atoms with E-state index in [1.807, 2.05) is 0 Å². The van der Waals surface area contributed by atoms with Crippen LogP contribution in [0.25, 0.3) is 0 Å². The van der Waals surface area contributed by atoms with Gasteiger partial charge in [0.15, 0.2) is 0 Å². The van der Waals surface area contributed by atoms with Crippen molar-refractivity contribution in [2.24, 2.45) is 0 Å². The van der Waals surface area contributed by atoms with Gasteiger partial charge in [-0.1, -0.05) is 11.6 Å². The van der Waals surface area contributed by atoms with E-state index in [-0.39, 0.29) is 16.5 Å². The van der Waals surface area contributed by atoms with Crippen molar-refractivity contribution in [3.63, 3.8) is 0 Å². The molecule has 0 heterocycles. The number of alkyl halides is 4. The van der Waals surface area contributed by atoms with Crippen LogP contribution in [0.5, 0.6) is 0 Å². The van der Waals surface area contributed by atoms with Gasteiger partial charge in [0.05, 0.1) is 5.56 Å². The molecule has 0 unspecified atom stereocenters. The Morgan fingerprint density at radius 2 is 1.86 bits per heavy atom. The lowest BCUT2D eigenvalue weighted by Gasteiger charge is -2.12. The highest BCUT2D eigenvalue weighted by Crippen LogP contribution is 2.36. The third-order valence-electron chi connectivity index (χ3n) is 1.67. The van der Waals surface area contributed by atoms with Gasteiger partial charge < -0.3 is 5.73 Å². The molecule has 0 amide bonds. The summed E-state index contributed by atoms with van der Waals surface area (Å²) >= 11 is 11.0. The first-order valence-corrected chi connectivity index (χ1v) is 4.48. The van der Waals surface area contributed by atoms with Crippen LogP contribution in [0.15, 0.2) is 12.1 Å². The summed E-state index contributed by atoms with van der Waals surface area (Å²) in [5, 5.41) is 0.144. The van der Waals surface area contributed by atoms with Crippen LogP contribution < -0.4 is 5.73 Å². The van der Waals surface area contributed by atoms with Crippen molar-refractivity contribution in [3.8, 4) is 0 Å². The Bertz CT molecular complexity index is 349. The van der Waals surface area contributed by atoms with E-state index in [1.165, 1.54) is 0 Å². The van der Waals surface area contributed by atoms with E-state index in [0.717, 1.165) is 12.1 Å². The molecule has 0 aliphatic carbocycles. The molecular weight excluding hydrogens is 238 g/mol. The Kier molecular flexibility index (Phi) is 3.17. The lowest BCUT2D eigenvalue weighted by molar-refractivity contribution is -0.136. The van der Waals surface area contributed by atoms with E-state index in [1.54, 1.807) is 0 Å². The molecule has 0 spiro atoms. The molecule has 1 nitrogen and oxygen atoms in total. The number of anilines is 1. The Morgan fingerprint density at radius 1 is 1.29 bits per heavy atom. The largest absolute Gasteiger partial charge is 0.418 e. The molecule has 78 valence electrons. The Hall–Kier alpha value is -0.610. The highest BCUT2D eigenvalue weighted by atomic mass is 35.5. The number of halogens is 5. The summed E-state index contributed by atoms with van der Waals surface area (Å²) < 4.78 is 37.0. The molecule has 1 rings (SSSR count). The van der Waals surface area contributed by atoms with E-state index >= 15 is 0 Å². The first kappa shape index (κ1) is 11.5. The van der Waals surface area contributed by atoms with E-state index in [0.29, 0.717) is 0 Å². The van der Waals surface area contributed by atoms with Crippen molar-refractivity contribution in [2.75, 3.05) is 5.73 Å². The summed E-state index contributed by atoms with van der Waals surface area (Å²) in [5.74, 6) is -0.0812. The normalized spacial score (nSPS) is 11.8. The first-order chi connectivity index (χ1) is 6.36. The minimum Gasteiger partial charge on any atom is -0.398 e. The fourth-order valence-electron chi connectivity index (χ4n) is 0.981. The average Bonchev–Trinajstić information content (AvgIpc) is 2.02. The first-order valence-electron chi connectivity index (χ1n) is 3.57. The van der Waals surface area contributed by atoms with Crippen molar-refractivity contribution in [1.29, 1.82) is 0 Å². The maximum atomic E-state index is 12.3. The van der Waals surface area contributed by atoms with E-state index in [9.17, 15) is 13.2 Å². The standard InChI is InChI=1S/C8H6Cl2F3N/c9-3-4-1-5(8(11,12)13)7(14)2-6(4)10/h1-2H,3,14H2. The highest BCUT2D eigenvalue weighted by Gasteiger charge is 2.33. The number of hydrogen-bond acceptors (Lipinski definition) is 1. The second kappa shape index (κ2) is 3.87. The molecule has 0 saturated heterocycles. The lowest BCUT2D eigenvalue weighted by atomic mass is 10.1. The molecule has 0 fully saturated rings. The maximum Gasteiger partial charge on any atom is 0.418 e. The van der Waals surface area contributed by atoms with Gasteiger partial charge in [-0.25, -0.2) is 0 Å². The summed E-state index contributed by atoms with van der Waals surface area (Å²) in [4.78, 5) is 0. The third kappa shape index (κ3) is 2.25. The van der Waals surface area contributed by atoms with Crippen molar-refractivity contribution in [1.82, 2.24) is 0 Å². The van der Waals surface area contributed by atoms with Crippen LogP contribution in [-0.2, 0) is 12.1 Å². The Labute approximate surface area is 88.6 Å². The van der Waals surface area contributed by atoms with Gasteiger partial charge in [-0.3, -0.25) is 0 Å². The summed E-state index contributed by atoms with van der Waals surface area (Å²) in [6.45, 7) is 0. The average molecular weight is 244 g/mol. The van der Waals surface area contributed by atoms with Crippen molar-refractivity contribution in [2.45, 2.75) is 12.1 Å². The molecule has 14 heavy (non-hydrogen) atoms. The number of hydrogen-bond donors (Lipinski definition) is 1. The molecule has 0 aliphatic rings.